The van der Waals surface area contributed by atoms with Crippen LogP contribution in [0.1, 0.15) is 33.5 Å². The fraction of sp³-hybridized carbons (Fsp3) is 0.222. The van der Waals surface area contributed by atoms with Gasteiger partial charge >= 0.3 is 0 Å². The van der Waals surface area contributed by atoms with Gasteiger partial charge in [0.15, 0.2) is 0 Å². The number of rotatable bonds is 5. The number of nitrogens with zero attached hydrogens (tertiary/aromatic N) is 1. The summed E-state index contributed by atoms with van der Waals surface area (Å²) in [6.07, 6.45) is -0.772. The number of aromatic nitrogens is 1. The number of aryl methyl sites for hydroxylation is 2. The smallest absolute Gasteiger partial charge is 0.256 e. The Morgan fingerprint density at radius 3 is 2.58 bits per heavy atom. The molecule has 0 saturated heterocycles. The van der Waals surface area contributed by atoms with Crippen LogP contribution in [-0.4, -0.2) is 22.7 Å². The van der Waals surface area contributed by atoms with Crippen molar-refractivity contribution in [3.63, 3.8) is 0 Å². The van der Waals surface area contributed by atoms with Crippen molar-refractivity contribution in [2.75, 3.05) is 6.54 Å². The van der Waals surface area contributed by atoms with E-state index in [4.69, 9.17) is 4.52 Å². The molecule has 0 saturated carbocycles. The minimum Gasteiger partial charge on any atom is -0.387 e. The fourth-order valence-electron chi connectivity index (χ4n) is 2.53. The van der Waals surface area contributed by atoms with E-state index in [2.05, 4.69) is 21.9 Å². The molecule has 5 nitrogen and oxygen atoms in total. The second-order valence-electron chi connectivity index (χ2n) is 5.56. The van der Waals surface area contributed by atoms with Gasteiger partial charge in [-0.25, -0.2) is 0 Å². The zero-order chi connectivity index (χ0) is 17.1. The molecule has 0 unspecified atom stereocenters. The molecular weight excluding hydrogens is 324 g/mol. The van der Waals surface area contributed by atoms with E-state index in [9.17, 15) is 9.90 Å². The molecule has 6 heteroatoms. The van der Waals surface area contributed by atoms with E-state index < -0.39 is 6.10 Å². The van der Waals surface area contributed by atoms with Crippen LogP contribution in [0.2, 0.25) is 0 Å². The van der Waals surface area contributed by atoms with Gasteiger partial charge in [0, 0.05) is 6.54 Å². The van der Waals surface area contributed by atoms with Crippen LogP contribution in [0.15, 0.2) is 45.6 Å². The SMILES string of the molecule is Cc1noc(C)c1C(=O)NC[C@H](O)c1ccc(-c2ccsc2)cc1. The Balaban J connectivity index is 1.63. The van der Waals surface area contributed by atoms with Gasteiger partial charge in [0.2, 0.25) is 0 Å². The molecule has 0 spiro atoms. The highest BCUT2D eigenvalue weighted by molar-refractivity contribution is 7.08. The van der Waals surface area contributed by atoms with Crippen molar-refractivity contribution in [1.82, 2.24) is 10.5 Å². The van der Waals surface area contributed by atoms with Crippen molar-refractivity contribution >= 4 is 17.2 Å². The number of amides is 1. The van der Waals surface area contributed by atoms with Gasteiger partial charge in [-0.05, 0) is 47.4 Å². The van der Waals surface area contributed by atoms with Crippen LogP contribution in [0, 0.1) is 13.8 Å². The predicted molar refractivity (Wildman–Crippen MR) is 93.0 cm³/mol. The van der Waals surface area contributed by atoms with Gasteiger partial charge in [0.05, 0.1) is 11.8 Å². The van der Waals surface area contributed by atoms with Crippen molar-refractivity contribution in [1.29, 1.82) is 0 Å². The van der Waals surface area contributed by atoms with Gasteiger partial charge in [-0.2, -0.15) is 11.3 Å². The van der Waals surface area contributed by atoms with Crippen LogP contribution in [0.4, 0.5) is 0 Å². The van der Waals surface area contributed by atoms with Crippen molar-refractivity contribution < 1.29 is 14.4 Å². The van der Waals surface area contributed by atoms with E-state index in [1.807, 2.05) is 29.6 Å². The van der Waals surface area contributed by atoms with E-state index in [-0.39, 0.29) is 12.5 Å². The van der Waals surface area contributed by atoms with Gasteiger partial charge in [-0.15, -0.1) is 0 Å². The van der Waals surface area contributed by atoms with Gasteiger partial charge < -0.3 is 14.9 Å². The molecular formula is C18H18N2O3S. The first-order valence-electron chi connectivity index (χ1n) is 7.58. The predicted octanol–water partition coefficient (Wildman–Crippen LogP) is 3.48. The van der Waals surface area contributed by atoms with Crippen molar-refractivity contribution in [2.45, 2.75) is 20.0 Å². The molecule has 124 valence electrons. The largest absolute Gasteiger partial charge is 0.387 e. The minimum absolute atomic E-state index is 0.126. The maximum absolute atomic E-state index is 12.2. The molecule has 0 fully saturated rings. The van der Waals surface area contributed by atoms with Gasteiger partial charge in [-0.3, -0.25) is 4.79 Å². The quantitative estimate of drug-likeness (QED) is 0.744. The molecule has 2 aromatic heterocycles. The molecule has 3 rings (SSSR count). The van der Waals surface area contributed by atoms with Crippen LogP contribution in [0.5, 0.6) is 0 Å². The third-order valence-corrected chi connectivity index (χ3v) is 4.55. The molecule has 0 aliphatic rings. The number of hydrogen-bond donors (Lipinski definition) is 2. The standard InChI is InChI=1S/C18H18N2O3S/c1-11-17(12(2)23-20-11)18(22)19-9-16(21)14-5-3-13(4-6-14)15-7-8-24-10-15/h3-8,10,16,21H,9H2,1-2H3,(H,19,22)/t16-/m0/s1. The molecule has 2 N–H and O–H groups in total. The van der Waals surface area contributed by atoms with E-state index in [0.717, 1.165) is 16.7 Å². The Labute approximate surface area is 143 Å². The van der Waals surface area contributed by atoms with Crippen LogP contribution in [0.3, 0.4) is 0 Å². The third-order valence-electron chi connectivity index (χ3n) is 3.87. The molecule has 24 heavy (non-hydrogen) atoms. The summed E-state index contributed by atoms with van der Waals surface area (Å²) in [5, 5.41) is 20.9. The number of carbonyl (C=O) groups excluding carboxylic acids is 1. The highest BCUT2D eigenvalue weighted by Crippen LogP contribution is 2.24. The highest BCUT2D eigenvalue weighted by atomic mass is 32.1. The number of benzene rings is 1. The Morgan fingerprint density at radius 2 is 2.00 bits per heavy atom. The summed E-state index contributed by atoms with van der Waals surface area (Å²) in [6, 6.07) is 9.74. The summed E-state index contributed by atoms with van der Waals surface area (Å²) in [7, 11) is 0. The lowest BCUT2D eigenvalue weighted by Crippen LogP contribution is -2.29. The monoisotopic (exact) mass is 342 g/mol. The topological polar surface area (TPSA) is 75.4 Å². The Morgan fingerprint density at radius 1 is 1.25 bits per heavy atom. The number of aliphatic hydroxyl groups is 1. The van der Waals surface area contributed by atoms with Gasteiger partial charge in [-0.1, -0.05) is 29.4 Å². The summed E-state index contributed by atoms with van der Waals surface area (Å²) in [4.78, 5) is 12.2. The molecule has 1 atom stereocenters. The van der Waals surface area contributed by atoms with Crippen LogP contribution >= 0.6 is 11.3 Å². The molecule has 2 heterocycles. The van der Waals surface area contributed by atoms with E-state index in [1.54, 1.807) is 25.2 Å². The molecule has 3 aromatic rings. The zero-order valence-electron chi connectivity index (χ0n) is 13.4. The number of hydrogen-bond acceptors (Lipinski definition) is 5. The normalized spacial score (nSPS) is 12.1. The van der Waals surface area contributed by atoms with E-state index >= 15 is 0 Å². The summed E-state index contributed by atoms with van der Waals surface area (Å²) in [5.74, 6) is 0.180. The maximum Gasteiger partial charge on any atom is 0.256 e. The molecule has 0 aliphatic carbocycles. The lowest BCUT2D eigenvalue weighted by Gasteiger charge is -2.13. The van der Waals surface area contributed by atoms with Crippen LogP contribution < -0.4 is 5.32 Å². The Kier molecular flexibility index (Phi) is 4.78. The molecule has 1 aromatic carbocycles. The zero-order valence-corrected chi connectivity index (χ0v) is 14.3. The highest BCUT2D eigenvalue weighted by Gasteiger charge is 2.18. The van der Waals surface area contributed by atoms with Crippen molar-refractivity contribution in [2.24, 2.45) is 0 Å². The molecule has 0 radical (unpaired) electrons. The summed E-state index contributed by atoms with van der Waals surface area (Å²) in [5.41, 5.74) is 3.99. The molecule has 1 amide bonds. The van der Waals surface area contributed by atoms with Crippen LogP contribution in [-0.2, 0) is 0 Å². The second kappa shape index (κ2) is 6.98. The van der Waals surface area contributed by atoms with Crippen molar-refractivity contribution in [3.8, 4) is 11.1 Å². The lowest BCUT2D eigenvalue weighted by molar-refractivity contribution is 0.0914. The lowest BCUT2D eigenvalue weighted by atomic mass is 10.0. The second-order valence-corrected chi connectivity index (χ2v) is 6.34. The average Bonchev–Trinajstić information content (AvgIpc) is 3.23. The first-order chi connectivity index (χ1) is 11.6. The van der Waals surface area contributed by atoms with Gasteiger partial charge in [0.1, 0.15) is 11.3 Å². The first kappa shape index (κ1) is 16.4. The van der Waals surface area contributed by atoms with E-state index in [1.165, 1.54) is 0 Å². The average molecular weight is 342 g/mol. The maximum atomic E-state index is 12.2. The first-order valence-corrected chi connectivity index (χ1v) is 8.52. The Hall–Kier alpha value is -2.44. The summed E-state index contributed by atoms with van der Waals surface area (Å²) >= 11 is 1.65. The third kappa shape index (κ3) is 3.39. The minimum atomic E-state index is -0.772. The summed E-state index contributed by atoms with van der Waals surface area (Å²) in [6.45, 7) is 3.53. The Bertz CT molecular complexity index is 803. The number of nitrogens with one attached hydrogen (secondary N) is 1. The van der Waals surface area contributed by atoms with Gasteiger partial charge in [0.25, 0.3) is 5.91 Å². The summed E-state index contributed by atoms with van der Waals surface area (Å²) < 4.78 is 4.98. The molecule has 0 bridgehead atoms. The number of aliphatic hydroxyl groups excluding tert-OH is 1. The van der Waals surface area contributed by atoms with E-state index in [0.29, 0.717) is 17.0 Å². The number of carbonyl (C=O) groups is 1. The fourth-order valence-corrected chi connectivity index (χ4v) is 3.19. The van der Waals surface area contributed by atoms with Crippen LogP contribution in [0.25, 0.3) is 11.1 Å². The number of thiophene rings is 1. The van der Waals surface area contributed by atoms with Crippen molar-refractivity contribution in [3.05, 3.63) is 63.7 Å². The molecule has 0 aliphatic heterocycles.